The first-order valence-corrected chi connectivity index (χ1v) is 4.29. The van der Waals surface area contributed by atoms with Crippen LogP contribution in [0.3, 0.4) is 0 Å². The second-order valence-corrected chi connectivity index (χ2v) is 3.04. The van der Waals surface area contributed by atoms with E-state index in [1.54, 1.807) is 12.1 Å². The highest BCUT2D eigenvalue weighted by Crippen LogP contribution is 2.09. The lowest BCUT2D eigenvalue weighted by molar-refractivity contribution is -0.117. The number of pyridine rings is 1. The molecule has 2 rings (SSSR count). The van der Waals surface area contributed by atoms with Gasteiger partial charge in [0.15, 0.2) is 0 Å². The van der Waals surface area contributed by atoms with E-state index in [0.29, 0.717) is 11.1 Å². The van der Waals surface area contributed by atoms with Crippen molar-refractivity contribution >= 4 is 16.8 Å². The average Bonchev–Trinajstić information content (AvgIpc) is 2.22. The number of fused-ring (bicyclic) bond motifs is 1. The lowest BCUT2D eigenvalue weighted by Crippen LogP contribution is -2.18. The van der Waals surface area contributed by atoms with E-state index < -0.39 is 5.91 Å². The highest BCUT2D eigenvalue weighted by Gasteiger charge is 2.08. The molecule has 0 aliphatic rings. The van der Waals surface area contributed by atoms with Crippen molar-refractivity contribution in [3.05, 3.63) is 34.4 Å². The highest BCUT2D eigenvalue weighted by atomic mass is 16.1. The molecule has 1 amide bonds. The molecule has 0 saturated carbocycles. The van der Waals surface area contributed by atoms with Gasteiger partial charge in [-0.2, -0.15) is 5.10 Å². The van der Waals surface area contributed by atoms with Crippen molar-refractivity contribution in [2.75, 3.05) is 0 Å². The molecule has 3 N–H and O–H groups in total. The first-order valence-electron chi connectivity index (χ1n) is 4.29. The summed E-state index contributed by atoms with van der Waals surface area (Å²) in [6, 6.07) is 3.36. The minimum absolute atomic E-state index is 0.0149. The van der Waals surface area contributed by atoms with Gasteiger partial charge in [-0.25, -0.2) is 5.10 Å². The van der Waals surface area contributed by atoms with Crippen LogP contribution in [0.2, 0.25) is 0 Å². The fraction of sp³-hybridized carbons (Fsp3) is 0.111. The molecule has 6 nitrogen and oxygen atoms in total. The molecule has 0 spiro atoms. The third-order valence-corrected chi connectivity index (χ3v) is 1.97. The molecule has 0 aliphatic heterocycles. The summed E-state index contributed by atoms with van der Waals surface area (Å²) in [6.07, 6.45) is 1.49. The zero-order valence-corrected chi connectivity index (χ0v) is 7.73. The summed E-state index contributed by atoms with van der Waals surface area (Å²) in [5.74, 6) is -0.500. The van der Waals surface area contributed by atoms with E-state index in [-0.39, 0.29) is 17.5 Å². The van der Waals surface area contributed by atoms with E-state index >= 15 is 0 Å². The molecular weight excluding hydrogens is 196 g/mol. The van der Waals surface area contributed by atoms with Crippen LogP contribution < -0.4 is 11.3 Å². The Morgan fingerprint density at radius 1 is 1.53 bits per heavy atom. The molecule has 0 atom stereocenters. The number of nitrogens with zero attached hydrogens (tertiary/aromatic N) is 2. The molecule has 0 fully saturated rings. The number of aromatic amines is 1. The van der Waals surface area contributed by atoms with Gasteiger partial charge in [0.2, 0.25) is 5.91 Å². The number of hydrogen-bond donors (Lipinski definition) is 2. The van der Waals surface area contributed by atoms with Crippen LogP contribution in [0.15, 0.2) is 23.1 Å². The van der Waals surface area contributed by atoms with Crippen LogP contribution in [0.5, 0.6) is 0 Å². The van der Waals surface area contributed by atoms with Crippen molar-refractivity contribution in [3.63, 3.8) is 0 Å². The zero-order valence-electron chi connectivity index (χ0n) is 7.73. The maximum atomic E-state index is 11.3. The van der Waals surface area contributed by atoms with Gasteiger partial charge >= 0.3 is 0 Å². The third kappa shape index (κ3) is 1.69. The molecule has 2 aromatic rings. The maximum Gasteiger partial charge on any atom is 0.290 e. The number of amides is 1. The molecule has 0 aromatic carbocycles. The number of rotatable bonds is 2. The van der Waals surface area contributed by atoms with Gasteiger partial charge in [0.25, 0.3) is 5.56 Å². The Morgan fingerprint density at radius 3 is 3.07 bits per heavy atom. The molecule has 15 heavy (non-hydrogen) atoms. The fourth-order valence-corrected chi connectivity index (χ4v) is 1.35. The summed E-state index contributed by atoms with van der Waals surface area (Å²) in [7, 11) is 0. The van der Waals surface area contributed by atoms with Crippen LogP contribution in [0, 0.1) is 0 Å². The molecule has 76 valence electrons. The van der Waals surface area contributed by atoms with E-state index in [4.69, 9.17) is 5.73 Å². The van der Waals surface area contributed by atoms with Crippen LogP contribution in [-0.4, -0.2) is 21.1 Å². The molecule has 0 saturated heterocycles. The minimum atomic E-state index is -0.500. The normalized spacial score (nSPS) is 10.4. The molecule has 0 aliphatic carbocycles. The summed E-state index contributed by atoms with van der Waals surface area (Å²) in [5, 5.41) is 6.60. The summed E-state index contributed by atoms with van der Waals surface area (Å²) in [4.78, 5) is 26.0. The lowest BCUT2D eigenvalue weighted by atomic mass is 10.2. The van der Waals surface area contributed by atoms with Gasteiger partial charge in [-0.3, -0.25) is 14.6 Å². The highest BCUT2D eigenvalue weighted by molar-refractivity contribution is 5.85. The predicted molar refractivity (Wildman–Crippen MR) is 53.1 cm³/mol. The van der Waals surface area contributed by atoms with Gasteiger partial charge in [0, 0.05) is 11.6 Å². The third-order valence-electron chi connectivity index (χ3n) is 1.97. The molecule has 0 unspecified atom stereocenters. The van der Waals surface area contributed by atoms with Crippen molar-refractivity contribution in [1.82, 2.24) is 15.2 Å². The van der Waals surface area contributed by atoms with Gasteiger partial charge in [-0.05, 0) is 12.1 Å². The van der Waals surface area contributed by atoms with E-state index in [0.717, 1.165) is 0 Å². The smallest absolute Gasteiger partial charge is 0.290 e. The Balaban J connectivity index is 2.71. The molecule has 0 bridgehead atoms. The number of nitrogens with two attached hydrogens (primary N) is 1. The van der Waals surface area contributed by atoms with Crippen LogP contribution >= 0.6 is 0 Å². The van der Waals surface area contributed by atoms with Crippen LogP contribution in [0.25, 0.3) is 10.9 Å². The Hall–Kier alpha value is -2.24. The Bertz CT molecular complexity index is 576. The Morgan fingerprint density at radius 2 is 2.33 bits per heavy atom. The number of primary amides is 1. The number of carbonyl (C=O) groups is 1. The van der Waals surface area contributed by atoms with Gasteiger partial charge in [-0.1, -0.05) is 0 Å². The molecule has 6 heteroatoms. The van der Waals surface area contributed by atoms with Crippen molar-refractivity contribution in [2.24, 2.45) is 5.73 Å². The summed E-state index contributed by atoms with van der Waals surface area (Å²) >= 11 is 0. The molecular formula is C9H8N4O2. The molecule has 2 heterocycles. The Kier molecular flexibility index (Phi) is 2.17. The fourth-order valence-electron chi connectivity index (χ4n) is 1.35. The first kappa shape index (κ1) is 9.32. The van der Waals surface area contributed by atoms with Gasteiger partial charge in [-0.15, -0.1) is 0 Å². The van der Waals surface area contributed by atoms with Gasteiger partial charge < -0.3 is 5.73 Å². The van der Waals surface area contributed by atoms with E-state index in [1.807, 2.05) is 0 Å². The average molecular weight is 204 g/mol. The van der Waals surface area contributed by atoms with Crippen LogP contribution in [0.4, 0.5) is 0 Å². The van der Waals surface area contributed by atoms with Gasteiger partial charge in [0.1, 0.15) is 5.52 Å². The second-order valence-electron chi connectivity index (χ2n) is 3.04. The number of hydrogen-bond acceptors (Lipinski definition) is 4. The number of nitrogens with one attached hydrogen (secondary N) is 1. The monoisotopic (exact) mass is 204 g/mol. The second kappa shape index (κ2) is 3.49. The standard InChI is InChI=1S/C9H8N4O2/c10-7(14)4-6-5-2-1-3-11-8(5)9(15)13-12-6/h1-3H,4H2,(H2,10,14)(H,13,15). The molecule has 0 radical (unpaired) electrons. The predicted octanol–water partition coefficient (Wildman–Crippen LogP) is -0.654. The summed E-state index contributed by atoms with van der Waals surface area (Å²) in [6.45, 7) is 0. The summed E-state index contributed by atoms with van der Waals surface area (Å²) < 4.78 is 0. The topological polar surface area (TPSA) is 102 Å². The summed E-state index contributed by atoms with van der Waals surface area (Å²) in [5.41, 5.74) is 5.39. The Labute approximate surface area is 84.1 Å². The van der Waals surface area contributed by atoms with Crippen LogP contribution in [-0.2, 0) is 11.2 Å². The van der Waals surface area contributed by atoms with E-state index in [9.17, 15) is 9.59 Å². The van der Waals surface area contributed by atoms with Crippen molar-refractivity contribution < 1.29 is 4.79 Å². The first-order chi connectivity index (χ1) is 7.18. The van der Waals surface area contributed by atoms with Crippen molar-refractivity contribution in [3.8, 4) is 0 Å². The number of aromatic nitrogens is 3. The van der Waals surface area contributed by atoms with Crippen LogP contribution in [0.1, 0.15) is 5.69 Å². The SMILES string of the molecule is NC(=O)Cc1n[nH]c(=O)c2ncccc12. The van der Waals surface area contributed by atoms with Gasteiger partial charge in [0.05, 0.1) is 12.1 Å². The number of H-pyrrole nitrogens is 1. The van der Waals surface area contributed by atoms with Crippen molar-refractivity contribution in [2.45, 2.75) is 6.42 Å². The number of carbonyl (C=O) groups excluding carboxylic acids is 1. The lowest BCUT2D eigenvalue weighted by Gasteiger charge is -2.00. The van der Waals surface area contributed by atoms with Crippen molar-refractivity contribution in [1.29, 1.82) is 0 Å². The van der Waals surface area contributed by atoms with E-state index in [2.05, 4.69) is 15.2 Å². The minimum Gasteiger partial charge on any atom is -0.369 e. The quantitative estimate of drug-likeness (QED) is 0.678. The van der Waals surface area contributed by atoms with E-state index in [1.165, 1.54) is 6.20 Å². The maximum absolute atomic E-state index is 11.3. The molecule has 2 aromatic heterocycles. The zero-order chi connectivity index (χ0) is 10.8. The largest absolute Gasteiger partial charge is 0.369 e.